The minimum absolute atomic E-state index is 0.0443. The van der Waals surface area contributed by atoms with Gasteiger partial charge in [0.05, 0.1) is 13.7 Å². The minimum Gasteiger partial charge on any atom is -0.497 e. The van der Waals surface area contributed by atoms with Crippen LogP contribution in [-0.2, 0) is 0 Å². The van der Waals surface area contributed by atoms with E-state index in [1.807, 2.05) is 0 Å². The van der Waals surface area contributed by atoms with Crippen LogP contribution < -0.4 is 16.2 Å². The van der Waals surface area contributed by atoms with Crippen molar-refractivity contribution >= 4 is 11.5 Å². The zero-order chi connectivity index (χ0) is 9.84. The van der Waals surface area contributed by atoms with E-state index in [1.165, 1.54) is 7.11 Å². The summed E-state index contributed by atoms with van der Waals surface area (Å²) < 4.78 is 4.96. The molecule has 4 N–H and O–H groups in total. The SMILES string of the molecule is COc1ccc(N)c(C(=O)CN)c1. The molecule has 0 aliphatic carbocycles. The molecule has 1 rings (SSSR count). The summed E-state index contributed by atoms with van der Waals surface area (Å²) in [4.78, 5) is 11.2. The molecule has 0 aliphatic heterocycles. The zero-order valence-corrected chi connectivity index (χ0v) is 7.41. The summed E-state index contributed by atoms with van der Waals surface area (Å²) in [6, 6.07) is 4.91. The molecule has 0 heterocycles. The van der Waals surface area contributed by atoms with Crippen LogP contribution in [0.4, 0.5) is 5.69 Å². The first-order valence-corrected chi connectivity index (χ1v) is 3.86. The van der Waals surface area contributed by atoms with Crippen LogP contribution in [0.3, 0.4) is 0 Å². The first-order chi connectivity index (χ1) is 6.19. The Bertz CT molecular complexity index is 323. The van der Waals surface area contributed by atoms with Gasteiger partial charge in [-0.3, -0.25) is 4.79 Å². The highest BCUT2D eigenvalue weighted by molar-refractivity contribution is 6.02. The van der Waals surface area contributed by atoms with E-state index in [9.17, 15) is 4.79 Å². The molecule has 1 aromatic rings. The van der Waals surface area contributed by atoms with E-state index >= 15 is 0 Å². The van der Waals surface area contributed by atoms with Crippen LogP contribution in [0.15, 0.2) is 18.2 Å². The third-order valence-electron chi connectivity index (χ3n) is 1.75. The average Bonchev–Trinajstić information content (AvgIpc) is 2.17. The van der Waals surface area contributed by atoms with Gasteiger partial charge in [0, 0.05) is 11.3 Å². The summed E-state index contributed by atoms with van der Waals surface area (Å²) >= 11 is 0. The number of rotatable bonds is 3. The summed E-state index contributed by atoms with van der Waals surface area (Å²) in [6.07, 6.45) is 0. The summed E-state index contributed by atoms with van der Waals surface area (Å²) in [5, 5.41) is 0. The Hall–Kier alpha value is -1.55. The van der Waals surface area contributed by atoms with Gasteiger partial charge >= 0.3 is 0 Å². The average molecular weight is 180 g/mol. The molecular formula is C9H12N2O2. The number of ether oxygens (including phenoxy) is 1. The number of hydrogen-bond acceptors (Lipinski definition) is 4. The predicted octanol–water partition coefficient (Wildman–Crippen LogP) is 0.419. The number of ketones is 1. The second-order valence-electron chi connectivity index (χ2n) is 2.58. The number of hydrogen-bond donors (Lipinski definition) is 2. The molecule has 0 saturated carbocycles. The van der Waals surface area contributed by atoms with Gasteiger partial charge in [-0.25, -0.2) is 0 Å². The molecule has 13 heavy (non-hydrogen) atoms. The van der Waals surface area contributed by atoms with Crippen molar-refractivity contribution in [2.75, 3.05) is 19.4 Å². The fourth-order valence-corrected chi connectivity index (χ4v) is 1.01. The molecule has 4 heteroatoms. The maximum absolute atomic E-state index is 11.2. The third-order valence-corrected chi connectivity index (χ3v) is 1.75. The second kappa shape index (κ2) is 3.91. The van der Waals surface area contributed by atoms with E-state index in [0.717, 1.165) is 0 Å². The first-order valence-electron chi connectivity index (χ1n) is 3.86. The first kappa shape index (κ1) is 9.54. The minimum atomic E-state index is -0.184. The summed E-state index contributed by atoms with van der Waals surface area (Å²) in [7, 11) is 1.53. The highest BCUT2D eigenvalue weighted by Gasteiger charge is 2.08. The fraction of sp³-hybridized carbons (Fsp3) is 0.222. The smallest absolute Gasteiger partial charge is 0.178 e. The molecule has 0 amide bonds. The number of nitrogen functional groups attached to an aromatic ring is 1. The molecule has 0 aliphatic rings. The highest BCUT2D eigenvalue weighted by atomic mass is 16.5. The van der Waals surface area contributed by atoms with E-state index in [1.54, 1.807) is 18.2 Å². The fourth-order valence-electron chi connectivity index (χ4n) is 1.01. The number of carbonyl (C=O) groups excluding carboxylic acids is 1. The number of carbonyl (C=O) groups is 1. The van der Waals surface area contributed by atoms with Crippen molar-refractivity contribution in [3.63, 3.8) is 0 Å². The van der Waals surface area contributed by atoms with Crippen LogP contribution in [0.2, 0.25) is 0 Å². The molecule has 0 atom stereocenters. The summed E-state index contributed by atoms with van der Waals surface area (Å²) in [6.45, 7) is -0.0443. The Balaban J connectivity index is 3.11. The predicted molar refractivity (Wildman–Crippen MR) is 50.8 cm³/mol. The summed E-state index contributed by atoms with van der Waals surface area (Å²) in [5.41, 5.74) is 11.7. The van der Waals surface area contributed by atoms with Crippen molar-refractivity contribution < 1.29 is 9.53 Å². The largest absolute Gasteiger partial charge is 0.497 e. The monoisotopic (exact) mass is 180 g/mol. The lowest BCUT2D eigenvalue weighted by Crippen LogP contribution is -2.15. The van der Waals surface area contributed by atoms with Crippen LogP contribution in [0.5, 0.6) is 5.75 Å². The molecule has 0 radical (unpaired) electrons. The Kier molecular flexibility index (Phi) is 2.87. The van der Waals surface area contributed by atoms with Crippen molar-refractivity contribution in [2.24, 2.45) is 5.73 Å². The van der Waals surface area contributed by atoms with Gasteiger partial charge < -0.3 is 16.2 Å². The number of nitrogens with two attached hydrogens (primary N) is 2. The topological polar surface area (TPSA) is 78.3 Å². The Morgan fingerprint density at radius 2 is 2.23 bits per heavy atom. The van der Waals surface area contributed by atoms with E-state index in [2.05, 4.69) is 0 Å². The van der Waals surface area contributed by atoms with Gasteiger partial charge in [0.25, 0.3) is 0 Å². The molecule has 0 fully saturated rings. The Labute approximate surface area is 76.5 Å². The van der Waals surface area contributed by atoms with Gasteiger partial charge in [-0.05, 0) is 18.2 Å². The molecule has 70 valence electrons. The van der Waals surface area contributed by atoms with Crippen LogP contribution in [0.1, 0.15) is 10.4 Å². The highest BCUT2D eigenvalue weighted by Crippen LogP contribution is 2.19. The van der Waals surface area contributed by atoms with Crippen molar-refractivity contribution in [3.05, 3.63) is 23.8 Å². The van der Waals surface area contributed by atoms with E-state index < -0.39 is 0 Å². The van der Waals surface area contributed by atoms with Gasteiger partial charge in [-0.15, -0.1) is 0 Å². The van der Waals surface area contributed by atoms with Crippen LogP contribution in [0, 0.1) is 0 Å². The third kappa shape index (κ3) is 1.97. The number of Topliss-reactive ketones (excluding diaryl/α,β-unsaturated/α-hetero) is 1. The second-order valence-corrected chi connectivity index (χ2v) is 2.58. The standard InChI is InChI=1S/C9H12N2O2/c1-13-6-2-3-8(11)7(4-6)9(12)5-10/h2-4H,5,10-11H2,1H3. The normalized spacial score (nSPS) is 9.69. The van der Waals surface area contributed by atoms with Gasteiger partial charge in [0.2, 0.25) is 0 Å². The van der Waals surface area contributed by atoms with E-state index in [-0.39, 0.29) is 12.3 Å². The van der Waals surface area contributed by atoms with Crippen molar-refractivity contribution in [2.45, 2.75) is 0 Å². The molecule has 0 spiro atoms. The van der Waals surface area contributed by atoms with Gasteiger partial charge in [0.1, 0.15) is 5.75 Å². The summed E-state index contributed by atoms with van der Waals surface area (Å²) in [5.74, 6) is 0.419. The number of anilines is 1. The molecule has 0 bridgehead atoms. The molecule has 0 unspecified atom stereocenters. The Morgan fingerprint density at radius 3 is 2.77 bits per heavy atom. The zero-order valence-electron chi connectivity index (χ0n) is 7.41. The molecule has 0 aromatic heterocycles. The molecular weight excluding hydrogens is 168 g/mol. The lowest BCUT2D eigenvalue weighted by atomic mass is 10.1. The number of methoxy groups -OCH3 is 1. The van der Waals surface area contributed by atoms with Crippen LogP contribution >= 0.6 is 0 Å². The van der Waals surface area contributed by atoms with Crippen LogP contribution in [-0.4, -0.2) is 19.4 Å². The molecule has 4 nitrogen and oxygen atoms in total. The molecule has 1 aromatic carbocycles. The van der Waals surface area contributed by atoms with Gasteiger partial charge in [-0.1, -0.05) is 0 Å². The number of benzene rings is 1. The van der Waals surface area contributed by atoms with Crippen molar-refractivity contribution in [1.82, 2.24) is 0 Å². The van der Waals surface area contributed by atoms with Crippen LogP contribution in [0.25, 0.3) is 0 Å². The quantitative estimate of drug-likeness (QED) is 0.522. The van der Waals surface area contributed by atoms with Crippen molar-refractivity contribution in [1.29, 1.82) is 0 Å². The Morgan fingerprint density at radius 1 is 1.54 bits per heavy atom. The maximum atomic E-state index is 11.2. The lowest BCUT2D eigenvalue weighted by molar-refractivity contribution is 0.100. The van der Waals surface area contributed by atoms with Crippen molar-refractivity contribution in [3.8, 4) is 5.75 Å². The maximum Gasteiger partial charge on any atom is 0.178 e. The van der Waals surface area contributed by atoms with E-state index in [0.29, 0.717) is 17.0 Å². The molecule has 0 saturated heterocycles. The van der Waals surface area contributed by atoms with E-state index in [4.69, 9.17) is 16.2 Å². The van der Waals surface area contributed by atoms with Gasteiger partial charge in [0.15, 0.2) is 5.78 Å². The van der Waals surface area contributed by atoms with Gasteiger partial charge in [-0.2, -0.15) is 0 Å². The lowest BCUT2D eigenvalue weighted by Gasteiger charge is -2.05.